The van der Waals surface area contributed by atoms with Crippen LogP contribution in [0.15, 0.2) is 36.7 Å². The lowest BCUT2D eigenvalue weighted by Crippen LogP contribution is -2.22. The lowest BCUT2D eigenvalue weighted by molar-refractivity contribution is -0.130. The molecule has 3 aliphatic heterocycles. The molecule has 0 fully saturated rings. The third kappa shape index (κ3) is 8.85. The minimum atomic E-state index is 0.0681. The van der Waals surface area contributed by atoms with Crippen LogP contribution in [0.5, 0.6) is 0 Å². The fraction of sp³-hybridized carbons (Fsp3) is 0.538. The quantitative estimate of drug-likeness (QED) is 0.267. The van der Waals surface area contributed by atoms with Gasteiger partial charge >= 0.3 is 0 Å². The summed E-state index contributed by atoms with van der Waals surface area (Å²) >= 11 is 0. The number of fused-ring (bicyclic) bond motifs is 3. The van der Waals surface area contributed by atoms with Crippen LogP contribution >= 0.6 is 0 Å². The monoisotopic (exact) mass is 654 g/mol. The largest absolute Gasteiger partial charge is 0.334 e. The highest BCUT2D eigenvalue weighted by atomic mass is 16.2. The molecule has 6 rings (SSSR count). The van der Waals surface area contributed by atoms with E-state index in [1.54, 1.807) is 20.8 Å². The van der Waals surface area contributed by atoms with Crippen molar-refractivity contribution in [2.45, 2.75) is 139 Å². The Morgan fingerprint density at radius 3 is 1.56 bits per heavy atom. The maximum atomic E-state index is 11.3. The molecule has 0 unspecified atom stereocenters. The number of hydrogen-bond acceptors (Lipinski definition) is 6. The van der Waals surface area contributed by atoms with Gasteiger partial charge in [0, 0.05) is 81.6 Å². The minimum Gasteiger partial charge on any atom is -0.334 e. The van der Waals surface area contributed by atoms with Crippen molar-refractivity contribution in [3.8, 4) is 0 Å². The molecule has 48 heavy (non-hydrogen) atoms. The molecule has 0 atom stereocenters. The van der Waals surface area contributed by atoms with Gasteiger partial charge in [0.15, 0.2) is 0 Å². The summed E-state index contributed by atoms with van der Waals surface area (Å²) in [7, 11) is 0. The summed E-state index contributed by atoms with van der Waals surface area (Å²) in [4.78, 5) is 53.0. The molecule has 9 heteroatoms. The summed E-state index contributed by atoms with van der Waals surface area (Å²) in [6.45, 7) is 28.5. The molecule has 0 spiro atoms. The van der Waals surface area contributed by atoms with Gasteiger partial charge in [-0.1, -0.05) is 74.4 Å². The molecular weight excluding hydrogens is 600 g/mol. The summed E-state index contributed by atoms with van der Waals surface area (Å²) in [5.74, 6) is 0.374. The number of hydrogen-bond donors (Lipinski definition) is 0. The maximum Gasteiger partial charge on any atom is 0.220 e. The molecule has 0 aromatic carbocycles. The van der Waals surface area contributed by atoms with Crippen molar-refractivity contribution in [2.75, 3.05) is 0 Å². The van der Waals surface area contributed by atoms with Gasteiger partial charge in [0.05, 0.1) is 24.5 Å². The van der Waals surface area contributed by atoms with E-state index in [9.17, 15) is 14.4 Å². The second-order valence-electron chi connectivity index (χ2n) is 16.3. The molecule has 9 nitrogen and oxygen atoms in total. The summed E-state index contributed by atoms with van der Waals surface area (Å²) in [5.41, 5.74) is 10.6. The zero-order valence-corrected chi connectivity index (χ0v) is 31.1. The highest BCUT2D eigenvalue weighted by molar-refractivity contribution is 5.75. The first kappa shape index (κ1) is 36.7. The topological polar surface area (TPSA) is 99.6 Å². The van der Waals surface area contributed by atoms with Crippen LogP contribution in [-0.2, 0) is 69.9 Å². The van der Waals surface area contributed by atoms with E-state index in [0.29, 0.717) is 32.7 Å². The number of carbonyl (C=O) groups excluding carboxylic acids is 3. The van der Waals surface area contributed by atoms with Gasteiger partial charge in [0.25, 0.3) is 0 Å². The second-order valence-corrected chi connectivity index (χ2v) is 16.3. The number of carbonyl (C=O) groups is 3. The summed E-state index contributed by atoms with van der Waals surface area (Å²) in [5, 5.41) is 0. The Bertz CT molecular complexity index is 1490. The highest BCUT2D eigenvalue weighted by Gasteiger charge is 2.27. The molecule has 6 heterocycles. The molecule has 0 saturated carbocycles. The van der Waals surface area contributed by atoms with Crippen molar-refractivity contribution in [3.05, 3.63) is 87.3 Å². The van der Waals surface area contributed by atoms with Crippen LogP contribution in [0, 0.1) is 0 Å². The van der Waals surface area contributed by atoms with Gasteiger partial charge in [-0.3, -0.25) is 29.3 Å². The number of amides is 3. The Morgan fingerprint density at radius 1 is 0.521 bits per heavy atom. The molecule has 0 saturated heterocycles. The average molecular weight is 655 g/mol. The molecule has 258 valence electrons. The van der Waals surface area contributed by atoms with Crippen LogP contribution in [0.1, 0.15) is 134 Å². The van der Waals surface area contributed by atoms with E-state index in [-0.39, 0.29) is 34.0 Å². The van der Waals surface area contributed by atoms with Crippen molar-refractivity contribution in [2.24, 2.45) is 0 Å². The molecule has 0 radical (unpaired) electrons. The van der Waals surface area contributed by atoms with E-state index < -0.39 is 0 Å². The number of pyridine rings is 3. The van der Waals surface area contributed by atoms with E-state index in [0.717, 1.165) is 29.3 Å². The van der Waals surface area contributed by atoms with Crippen molar-refractivity contribution in [1.82, 2.24) is 29.7 Å². The van der Waals surface area contributed by atoms with Crippen LogP contribution in [0.25, 0.3) is 0 Å². The Kier molecular flexibility index (Phi) is 10.5. The Morgan fingerprint density at radius 2 is 1.02 bits per heavy atom. The first-order chi connectivity index (χ1) is 22.1. The summed E-state index contributed by atoms with van der Waals surface area (Å²) in [6, 6.07) is 8.50. The minimum absolute atomic E-state index is 0.0681. The fourth-order valence-corrected chi connectivity index (χ4v) is 5.70. The molecule has 3 aliphatic rings. The first-order valence-corrected chi connectivity index (χ1v) is 16.9. The molecule has 3 amide bonds. The van der Waals surface area contributed by atoms with Crippen molar-refractivity contribution in [1.29, 1.82) is 0 Å². The lowest BCUT2D eigenvalue weighted by atomic mass is 9.87. The van der Waals surface area contributed by atoms with Gasteiger partial charge < -0.3 is 14.7 Å². The molecule has 0 bridgehead atoms. The van der Waals surface area contributed by atoms with Gasteiger partial charge in [0.1, 0.15) is 0 Å². The van der Waals surface area contributed by atoms with Crippen LogP contribution in [0.3, 0.4) is 0 Å². The first-order valence-electron chi connectivity index (χ1n) is 16.9. The maximum absolute atomic E-state index is 11.3. The predicted octanol–water partition coefficient (Wildman–Crippen LogP) is 6.72. The van der Waals surface area contributed by atoms with Crippen molar-refractivity contribution >= 4 is 17.7 Å². The third-order valence-corrected chi connectivity index (χ3v) is 9.08. The van der Waals surface area contributed by atoms with E-state index in [1.165, 1.54) is 27.8 Å². The normalized spacial score (nSPS) is 15.1. The number of nitrogens with zero attached hydrogens (tertiary/aromatic N) is 6. The highest BCUT2D eigenvalue weighted by Crippen LogP contribution is 2.29. The summed E-state index contributed by atoms with van der Waals surface area (Å²) < 4.78 is 0. The predicted molar refractivity (Wildman–Crippen MR) is 189 cm³/mol. The van der Waals surface area contributed by atoms with Crippen LogP contribution in [0.4, 0.5) is 0 Å². The third-order valence-electron chi connectivity index (χ3n) is 9.08. The molecule has 0 N–H and O–H groups in total. The zero-order valence-electron chi connectivity index (χ0n) is 31.1. The number of aromatic nitrogens is 3. The zero-order chi connectivity index (χ0) is 35.8. The second kappa shape index (κ2) is 13.8. The van der Waals surface area contributed by atoms with E-state index in [1.807, 2.05) is 27.1 Å². The number of rotatable bonds is 0. The fourth-order valence-electron chi connectivity index (χ4n) is 5.70. The van der Waals surface area contributed by atoms with Gasteiger partial charge in [-0.15, -0.1) is 0 Å². The summed E-state index contributed by atoms with van der Waals surface area (Å²) in [6.07, 6.45) is 3.85. The van der Waals surface area contributed by atoms with Gasteiger partial charge in [-0.25, -0.2) is 0 Å². The lowest BCUT2D eigenvalue weighted by Gasteiger charge is -2.19. The van der Waals surface area contributed by atoms with E-state index >= 15 is 0 Å². The van der Waals surface area contributed by atoms with Gasteiger partial charge in [-0.05, 0) is 45.4 Å². The molecule has 0 aliphatic carbocycles. The Labute approximate surface area is 287 Å². The van der Waals surface area contributed by atoms with Crippen molar-refractivity contribution < 1.29 is 14.4 Å². The molecule has 3 aromatic rings. The van der Waals surface area contributed by atoms with Crippen LogP contribution in [0.2, 0.25) is 0 Å². The van der Waals surface area contributed by atoms with E-state index in [2.05, 4.69) is 102 Å². The Balaban J connectivity index is 0.000000163. The smallest absolute Gasteiger partial charge is 0.220 e. The van der Waals surface area contributed by atoms with Gasteiger partial charge in [-0.2, -0.15) is 0 Å². The van der Waals surface area contributed by atoms with Crippen molar-refractivity contribution in [3.63, 3.8) is 0 Å². The van der Waals surface area contributed by atoms with E-state index in [4.69, 9.17) is 0 Å². The molecular formula is C39H54N6O3. The Hall–Kier alpha value is -4.14. The van der Waals surface area contributed by atoms with Gasteiger partial charge in [0.2, 0.25) is 17.7 Å². The van der Waals surface area contributed by atoms with Crippen LogP contribution < -0.4 is 0 Å². The SMILES string of the molecule is CC(=O)N1Cc2cc(C(C)(C)C)cnc2C1.CC(=O)N1Cc2ccc(C(C)(C)C)nc2C1.CC(=O)N1Cc2cnc(C(C)(C)C)cc2C1. The standard InChI is InChI=1S/3C13H18N2O/c1-9(16)15-7-10-5-12(13(2,3)4)14-6-11(10)8-15;1-9(16)15-7-10-5-11(13(2,3)4)6-14-12(10)8-15;1-9(16)15-7-10-5-6-12(13(2,3)4)14-11(10)8-15/h3*5-6H,7-8H2,1-4H3. The van der Waals surface area contributed by atoms with Crippen LogP contribution in [-0.4, -0.2) is 47.4 Å². The average Bonchev–Trinajstić information content (AvgIpc) is 3.71. The molecule has 3 aromatic heterocycles.